The summed E-state index contributed by atoms with van der Waals surface area (Å²) < 4.78 is 6.94. The van der Waals surface area contributed by atoms with Crippen LogP contribution in [-0.2, 0) is 6.54 Å². The molecule has 8 heteroatoms. The molecule has 4 aromatic rings. The molecule has 30 heavy (non-hydrogen) atoms. The third-order valence-corrected chi connectivity index (χ3v) is 4.89. The van der Waals surface area contributed by atoms with Gasteiger partial charge >= 0.3 is 0 Å². The molecule has 0 atom stereocenters. The third-order valence-electron chi connectivity index (χ3n) is 4.89. The lowest BCUT2D eigenvalue weighted by atomic mass is 10.2. The Morgan fingerprint density at radius 2 is 1.90 bits per heavy atom. The lowest BCUT2D eigenvalue weighted by Gasteiger charge is -2.08. The van der Waals surface area contributed by atoms with Gasteiger partial charge in [0.15, 0.2) is 5.82 Å². The quantitative estimate of drug-likeness (QED) is 0.516. The summed E-state index contributed by atoms with van der Waals surface area (Å²) in [4.78, 5) is 17.1. The Morgan fingerprint density at radius 3 is 2.63 bits per heavy atom. The number of nitrogens with one attached hydrogen (secondary N) is 2. The molecule has 0 aliphatic heterocycles. The van der Waals surface area contributed by atoms with Crippen molar-refractivity contribution in [2.45, 2.75) is 20.4 Å². The van der Waals surface area contributed by atoms with E-state index in [1.807, 2.05) is 62.4 Å². The van der Waals surface area contributed by atoms with Gasteiger partial charge in [-0.3, -0.25) is 9.89 Å². The van der Waals surface area contributed by atoms with E-state index in [0.29, 0.717) is 17.2 Å². The number of rotatable bonds is 6. The number of ether oxygens (including phenoxy) is 1. The minimum absolute atomic E-state index is 0.213. The van der Waals surface area contributed by atoms with Gasteiger partial charge in [-0.25, -0.2) is 9.67 Å². The second-order valence-electron chi connectivity index (χ2n) is 6.86. The number of amides is 1. The van der Waals surface area contributed by atoms with E-state index >= 15 is 0 Å². The number of aromatic nitrogens is 5. The Kier molecular flexibility index (Phi) is 5.30. The Hall–Kier alpha value is -3.94. The number of H-pyrrole nitrogens is 1. The largest absolute Gasteiger partial charge is 0.497 e. The fourth-order valence-electron chi connectivity index (χ4n) is 3.18. The van der Waals surface area contributed by atoms with E-state index in [1.54, 1.807) is 18.0 Å². The first-order valence-corrected chi connectivity index (χ1v) is 9.51. The molecule has 2 heterocycles. The molecule has 0 saturated heterocycles. The van der Waals surface area contributed by atoms with Crippen molar-refractivity contribution in [2.75, 3.05) is 7.11 Å². The highest BCUT2D eigenvalue weighted by molar-refractivity contribution is 5.95. The number of benzene rings is 2. The summed E-state index contributed by atoms with van der Waals surface area (Å²) in [7, 11) is 1.62. The number of aromatic amines is 1. The van der Waals surface area contributed by atoms with Gasteiger partial charge in [0.25, 0.3) is 5.91 Å². The highest BCUT2D eigenvalue weighted by Crippen LogP contribution is 2.19. The first-order valence-electron chi connectivity index (χ1n) is 9.51. The van der Waals surface area contributed by atoms with Crippen LogP contribution in [0, 0.1) is 13.8 Å². The van der Waals surface area contributed by atoms with E-state index in [1.165, 1.54) is 0 Å². The fourth-order valence-corrected chi connectivity index (χ4v) is 3.18. The van der Waals surface area contributed by atoms with Gasteiger partial charge < -0.3 is 10.1 Å². The van der Waals surface area contributed by atoms with Crippen molar-refractivity contribution in [3.63, 3.8) is 0 Å². The summed E-state index contributed by atoms with van der Waals surface area (Å²) >= 11 is 0. The van der Waals surface area contributed by atoms with Crippen LogP contribution >= 0.6 is 0 Å². The van der Waals surface area contributed by atoms with Gasteiger partial charge in [-0.2, -0.15) is 10.2 Å². The van der Waals surface area contributed by atoms with Gasteiger partial charge in [-0.05, 0) is 49.7 Å². The molecule has 1 amide bonds. The smallest absolute Gasteiger partial charge is 0.255 e. The zero-order chi connectivity index (χ0) is 21.1. The molecular weight excluding hydrogens is 380 g/mol. The van der Waals surface area contributed by atoms with Crippen LogP contribution in [-0.4, -0.2) is 38.0 Å². The van der Waals surface area contributed by atoms with Gasteiger partial charge in [0.05, 0.1) is 36.8 Å². The standard InChI is InChI=1S/C22H22N6O2/c1-14-6-4-5-7-19(14)28-15(2)18(12-24-28)22(29)23-13-20-25-21(27-26-20)16-8-10-17(30-3)11-9-16/h4-12H,13H2,1-3H3,(H,23,29)(H,25,26,27). The molecule has 2 N–H and O–H groups in total. The van der Waals surface area contributed by atoms with Gasteiger partial charge in [0.2, 0.25) is 0 Å². The number of carbonyl (C=O) groups is 1. The second kappa shape index (κ2) is 8.20. The Labute approximate surface area is 173 Å². The Bertz CT molecular complexity index is 1180. The average Bonchev–Trinajstić information content (AvgIpc) is 3.39. The number of para-hydroxylation sites is 1. The number of carbonyl (C=O) groups excluding carboxylic acids is 1. The monoisotopic (exact) mass is 402 g/mol. The zero-order valence-corrected chi connectivity index (χ0v) is 17.0. The molecule has 152 valence electrons. The van der Waals surface area contributed by atoms with Crippen LogP contribution in [0.1, 0.15) is 27.4 Å². The van der Waals surface area contributed by atoms with Crippen LogP contribution in [0.4, 0.5) is 0 Å². The van der Waals surface area contributed by atoms with Crippen molar-refractivity contribution in [1.82, 2.24) is 30.3 Å². The predicted molar refractivity (Wildman–Crippen MR) is 113 cm³/mol. The van der Waals surface area contributed by atoms with Gasteiger partial charge in [-0.15, -0.1) is 0 Å². The minimum Gasteiger partial charge on any atom is -0.497 e. The number of nitrogens with zero attached hydrogens (tertiary/aromatic N) is 4. The lowest BCUT2D eigenvalue weighted by molar-refractivity contribution is 0.0949. The first-order chi connectivity index (χ1) is 14.6. The van der Waals surface area contributed by atoms with Crippen LogP contribution in [0.25, 0.3) is 17.1 Å². The molecule has 2 aromatic carbocycles. The number of hydrogen-bond acceptors (Lipinski definition) is 5. The van der Waals surface area contributed by atoms with Crippen molar-refractivity contribution in [2.24, 2.45) is 0 Å². The Balaban J connectivity index is 1.44. The van der Waals surface area contributed by atoms with Gasteiger partial charge in [-0.1, -0.05) is 18.2 Å². The number of hydrogen-bond donors (Lipinski definition) is 2. The van der Waals surface area contributed by atoms with E-state index in [-0.39, 0.29) is 12.5 Å². The summed E-state index contributed by atoms with van der Waals surface area (Å²) in [5.74, 6) is 1.68. The SMILES string of the molecule is COc1ccc(-c2n[nH]c(CNC(=O)c3cnn(-c4ccccc4C)c3C)n2)cc1. The molecule has 0 aliphatic carbocycles. The van der Waals surface area contributed by atoms with Crippen molar-refractivity contribution in [3.05, 3.63) is 77.4 Å². The Morgan fingerprint density at radius 1 is 1.13 bits per heavy atom. The molecule has 0 aliphatic rings. The number of methoxy groups -OCH3 is 1. The summed E-state index contributed by atoms with van der Waals surface area (Å²) in [6.07, 6.45) is 1.58. The van der Waals surface area contributed by atoms with Crippen LogP contribution in [0.2, 0.25) is 0 Å². The van der Waals surface area contributed by atoms with E-state index < -0.39 is 0 Å². The molecule has 0 unspecified atom stereocenters. The molecule has 0 saturated carbocycles. The maximum absolute atomic E-state index is 12.7. The van der Waals surface area contributed by atoms with Crippen molar-refractivity contribution < 1.29 is 9.53 Å². The minimum atomic E-state index is -0.213. The highest BCUT2D eigenvalue weighted by atomic mass is 16.5. The average molecular weight is 402 g/mol. The van der Waals surface area contributed by atoms with E-state index in [4.69, 9.17) is 4.74 Å². The molecule has 0 spiro atoms. The second-order valence-corrected chi connectivity index (χ2v) is 6.86. The maximum Gasteiger partial charge on any atom is 0.255 e. The van der Waals surface area contributed by atoms with E-state index in [0.717, 1.165) is 28.3 Å². The third kappa shape index (κ3) is 3.80. The molecular formula is C22H22N6O2. The molecule has 8 nitrogen and oxygen atoms in total. The van der Waals surface area contributed by atoms with Crippen LogP contribution in [0.5, 0.6) is 5.75 Å². The van der Waals surface area contributed by atoms with Crippen molar-refractivity contribution in [3.8, 4) is 22.8 Å². The fraction of sp³-hybridized carbons (Fsp3) is 0.182. The highest BCUT2D eigenvalue weighted by Gasteiger charge is 2.16. The van der Waals surface area contributed by atoms with Crippen molar-refractivity contribution in [1.29, 1.82) is 0 Å². The van der Waals surface area contributed by atoms with Gasteiger partial charge in [0.1, 0.15) is 11.6 Å². The summed E-state index contributed by atoms with van der Waals surface area (Å²) in [6.45, 7) is 4.13. The van der Waals surface area contributed by atoms with Crippen LogP contribution < -0.4 is 10.1 Å². The lowest BCUT2D eigenvalue weighted by Crippen LogP contribution is -2.24. The summed E-state index contributed by atoms with van der Waals surface area (Å²) in [5, 5.41) is 14.3. The topological polar surface area (TPSA) is 97.7 Å². The normalized spacial score (nSPS) is 10.8. The van der Waals surface area contributed by atoms with E-state index in [9.17, 15) is 4.79 Å². The predicted octanol–water partition coefficient (Wildman–Crippen LogP) is 3.21. The molecule has 0 bridgehead atoms. The molecule has 4 rings (SSSR count). The molecule has 0 radical (unpaired) electrons. The van der Waals surface area contributed by atoms with Crippen molar-refractivity contribution >= 4 is 5.91 Å². The zero-order valence-electron chi connectivity index (χ0n) is 17.0. The summed E-state index contributed by atoms with van der Waals surface area (Å²) in [5.41, 5.74) is 4.20. The first kappa shape index (κ1) is 19.4. The van der Waals surface area contributed by atoms with Crippen LogP contribution in [0.3, 0.4) is 0 Å². The van der Waals surface area contributed by atoms with E-state index in [2.05, 4.69) is 25.6 Å². The number of aryl methyl sites for hydroxylation is 1. The van der Waals surface area contributed by atoms with Gasteiger partial charge in [0, 0.05) is 5.56 Å². The molecule has 0 fully saturated rings. The maximum atomic E-state index is 12.7. The molecule has 2 aromatic heterocycles. The van der Waals surface area contributed by atoms with Crippen LogP contribution in [0.15, 0.2) is 54.7 Å². The summed E-state index contributed by atoms with van der Waals surface area (Å²) in [6, 6.07) is 15.4.